The van der Waals surface area contributed by atoms with E-state index in [0.717, 1.165) is 10.0 Å². The van der Waals surface area contributed by atoms with E-state index in [9.17, 15) is 4.79 Å². The van der Waals surface area contributed by atoms with E-state index in [-0.39, 0.29) is 5.91 Å². The molecule has 0 aliphatic rings. The minimum absolute atomic E-state index is 0.230. The van der Waals surface area contributed by atoms with Gasteiger partial charge in [-0.25, -0.2) is 0 Å². The SMILES string of the molecule is Cc1ccc(NC(=O)c2ccc(N)c(Cl)c2)c(Br)c1. The number of nitrogens with one attached hydrogen (secondary N) is 1. The summed E-state index contributed by atoms with van der Waals surface area (Å²) in [6.45, 7) is 1.98. The second-order valence-corrected chi connectivity index (χ2v) is 5.44. The molecule has 0 aliphatic heterocycles. The van der Waals surface area contributed by atoms with Gasteiger partial charge in [0.05, 0.1) is 16.4 Å². The fourth-order valence-corrected chi connectivity index (χ4v) is 2.36. The van der Waals surface area contributed by atoms with Crippen LogP contribution in [0.2, 0.25) is 5.02 Å². The summed E-state index contributed by atoms with van der Waals surface area (Å²) in [6, 6.07) is 10.5. The van der Waals surface area contributed by atoms with Gasteiger partial charge in [-0.1, -0.05) is 17.7 Å². The van der Waals surface area contributed by atoms with E-state index in [0.29, 0.717) is 22.0 Å². The van der Waals surface area contributed by atoms with Crippen molar-refractivity contribution in [2.75, 3.05) is 11.1 Å². The molecule has 98 valence electrons. The third-order valence-corrected chi connectivity index (χ3v) is 3.62. The zero-order valence-electron chi connectivity index (χ0n) is 10.2. The van der Waals surface area contributed by atoms with Gasteiger partial charge in [0.1, 0.15) is 0 Å². The van der Waals surface area contributed by atoms with Crippen molar-refractivity contribution in [2.45, 2.75) is 6.92 Å². The number of rotatable bonds is 2. The smallest absolute Gasteiger partial charge is 0.255 e. The minimum atomic E-state index is -0.230. The fraction of sp³-hybridized carbons (Fsp3) is 0.0714. The third-order valence-electron chi connectivity index (χ3n) is 2.64. The molecule has 0 spiro atoms. The average molecular weight is 340 g/mol. The molecule has 0 atom stereocenters. The number of benzene rings is 2. The van der Waals surface area contributed by atoms with Crippen LogP contribution in [-0.2, 0) is 0 Å². The first-order valence-corrected chi connectivity index (χ1v) is 6.77. The molecule has 2 rings (SSSR count). The molecule has 19 heavy (non-hydrogen) atoms. The van der Waals surface area contributed by atoms with Gasteiger partial charge in [0.15, 0.2) is 0 Å². The molecule has 5 heteroatoms. The van der Waals surface area contributed by atoms with Crippen molar-refractivity contribution in [3.63, 3.8) is 0 Å². The molecule has 1 amide bonds. The van der Waals surface area contributed by atoms with E-state index in [2.05, 4.69) is 21.2 Å². The van der Waals surface area contributed by atoms with Crippen molar-refractivity contribution in [3.05, 3.63) is 57.0 Å². The first-order valence-electron chi connectivity index (χ1n) is 5.60. The number of nitrogen functional groups attached to an aromatic ring is 1. The van der Waals surface area contributed by atoms with Gasteiger partial charge in [-0.15, -0.1) is 0 Å². The molecular weight excluding hydrogens is 328 g/mol. The molecule has 0 fully saturated rings. The molecule has 0 aliphatic carbocycles. The standard InChI is InChI=1S/C14H12BrClN2O/c1-8-2-5-13(10(15)6-8)18-14(19)9-3-4-12(17)11(16)7-9/h2-7H,17H2,1H3,(H,18,19). The van der Waals surface area contributed by atoms with Crippen molar-refractivity contribution in [3.8, 4) is 0 Å². The third kappa shape index (κ3) is 3.28. The molecule has 2 aromatic rings. The fourth-order valence-electron chi connectivity index (χ4n) is 1.58. The van der Waals surface area contributed by atoms with Crippen LogP contribution in [0.3, 0.4) is 0 Å². The molecule has 0 saturated carbocycles. The van der Waals surface area contributed by atoms with Crippen molar-refractivity contribution in [2.24, 2.45) is 0 Å². The van der Waals surface area contributed by atoms with Crippen LogP contribution < -0.4 is 11.1 Å². The summed E-state index contributed by atoms with van der Waals surface area (Å²) >= 11 is 9.31. The van der Waals surface area contributed by atoms with Gasteiger partial charge in [0, 0.05) is 10.0 Å². The Morgan fingerprint density at radius 2 is 2.00 bits per heavy atom. The van der Waals surface area contributed by atoms with E-state index in [1.807, 2.05) is 25.1 Å². The second-order valence-electron chi connectivity index (χ2n) is 4.17. The lowest BCUT2D eigenvalue weighted by Gasteiger charge is -2.09. The summed E-state index contributed by atoms with van der Waals surface area (Å²) in [5.74, 6) is -0.230. The lowest BCUT2D eigenvalue weighted by Crippen LogP contribution is -2.12. The highest BCUT2D eigenvalue weighted by molar-refractivity contribution is 9.10. The maximum Gasteiger partial charge on any atom is 0.255 e. The molecule has 0 bridgehead atoms. The van der Waals surface area contributed by atoms with Gasteiger partial charge in [0.2, 0.25) is 0 Å². The Kier molecular flexibility index (Phi) is 4.12. The van der Waals surface area contributed by atoms with Crippen LogP contribution in [0, 0.1) is 6.92 Å². The van der Waals surface area contributed by atoms with Gasteiger partial charge in [0.25, 0.3) is 5.91 Å². The second kappa shape index (κ2) is 5.63. The number of hydrogen-bond acceptors (Lipinski definition) is 2. The average Bonchev–Trinajstić information content (AvgIpc) is 2.36. The zero-order valence-corrected chi connectivity index (χ0v) is 12.5. The zero-order chi connectivity index (χ0) is 14.0. The molecule has 0 radical (unpaired) electrons. The normalized spacial score (nSPS) is 10.3. The number of halogens is 2. The van der Waals surface area contributed by atoms with Crippen molar-refractivity contribution < 1.29 is 4.79 Å². The van der Waals surface area contributed by atoms with Gasteiger partial charge in [-0.05, 0) is 58.7 Å². The van der Waals surface area contributed by atoms with E-state index in [1.165, 1.54) is 0 Å². The van der Waals surface area contributed by atoms with Crippen molar-refractivity contribution in [1.29, 1.82) is 0 Å². The number of hydrogen-bond donors (Lipinski definition) is 2. The summed E-state index contributed by atoms with van der Waals surface area (Å²) in [6.07, 6.45) is 0. The highest BCUT2D eigenvalue weighted by Gasteiger charge is 2.09. The van der Waals surface area contributed by atoms with E-state index in [1.54, 1.807) is 18.2 Å². The van der Waals surface area contributed by atoms with Crippen molar-refractivity contribution >= 4 is 44.8 Å². The number of amides is 1. The lowest BCUT2D eigenvalue weighted by atomic mass is 10.2. The molecule has 0 heterocycles. The highest BCUT2D eigenvalue weighted by atomic mass is 79.9. The van der Waals surface area contributed by atoms with Crippen LogP contribution in [0.1, 0.15) is 15.9 Å². The summed E-state index contributed by atoms with van der Waals surface area (Å²) in [5.41, 5.74) is 8.35. The Bertz CT molecular complexity index is 643. The monoisotopic (exact) mass is 338 g/mol. The first-order chi connectivity index (χ1) is 8.97. The van der Waals surface area contributed by atoms with Crippen LogP contribution in [0.5, 0.6) is 0 Å². The van der Waals surface area contributed by atoms with Gasteiger partial charge >= 0.3 is 0 Å². The van der Waals surface area contributed by atoms with E-state index in [4.69, 9.17) is 17.3 Å². The molecule has 3 nitrogen and oxygen atoms in total. The summed E-state index contributed by atoms with van der Waals surface area (Å²) < 4.78 is 0.836. The molecule has 0 saturated heterocycles. The largest absolute Gasteiger partial charge is 0.398 e. The summed E-state index contributed by atoms with van der Waals surface area (Å²) in [5, 5.41) is 3.19. The Morgan fingerprint density at radius 1 is 1.26 bits per heavy atom. The maximum atomic E-state index is 12.1. The molecule has 3 N–H and O–H groups in total. The van der Waals surface area contributed by atoms with E-state index >= 15 is 0 Å². The number of anilines is 2. The summed E-state index contributed by atoms with van der Waals surface area (Å²) in [4.78, 5) is 12.1. The Hall–Kier alpha value is -1.52. The number of carbonyl (C=O) groups excluding carboxylic acids is 1. The highest BCUT2D eigenvalue weighted by Crippen LogP contribution is 2.25. The Morgan fingerprint density at radius 3 is 2.63 bits per heavy atom. The maximum absolute atomic E-state index is 12.1. The number of nitrogens with two attached hydrogens (primary N) is 1. The minimum Gasteiger partial charge on any atom is -0.398 e. The quantitative estimate of drug-likeness (QED) is 0.804. The first kappa shape index (κ1) is 13.9. The van der Waals surface area contributed by atoms with Crippen LogP contribution in [0.25, 0.3) is 0 Å². The summed E-state index contributed by atoms with van der Waals surface area (Å²) in [7, 11) is 0. The van der Waals surface area contributed by atoms with Gasteiger partial charge in [-0.3, -0.25) is 4.79 Å². The number of aryl methyl sites for hydroxylation is 1. The molecular formula is C14H12BrClN2O. The molecule has 0 unspecified atom stereocenters. The van der Waals surface area contributed by atoms with Crippen molar-refractivity contribution in [1.82, 2.24) is 0 Å². The Balaban J connectivity index is 2.23. The molecule has 0 aromatic heterocycles. The molecule has 2 aromatic carbocycles. The number of carbonyl (C=O) groups is 1. The van der Waals surface area contributed by atoms with Crippen LogP contribution in [0.15, 0.2) is 40.9 Å². The topological polar surface area (TPSA) is 55.1 Å². The van der Waals surface area contributed by atoms with Crippen LogP contribution in [0.4, 0.5) is 11.4 Å². The lowest BCUT2D eigenvalue weighted by molar-refractivity contribution is 0.102. The van der Waals surface area contributed by atoms with Gasteiger partial charge in [-0.2, -0.15) is 0 Å². The van der Waals surface area contributed by atoms with Crippen LogP contribution in [-0.4, -0.2) is 5.91 Å². The van der Waals surface area contributed by atoms with E-state index < -0.39 is 0 Å². The predicted octanol–water partition coefficient (Wildman–Crippen LogP) is 4.25. The Labute approximate surface area is 124 Å². The van der Waals surface area contributed by atoms with Crippen LogP contribution >= 0.6 is 27.5 Å². The predicted molar refractivity (Wildman–Crippen MR) is 82.7 cm³/mol. The van der Waals surface area contributed by atoms with Gasteiger partial charge < -0.3 is 11.1 Å².